The van der Waals surface area contributed by atoms with Crippen molar-refractivity contribution < 1.29 is 0 Å². The topological polar surface area (TPSA) is 39.1 Å². The lowest BCUT2D eigenvalue weighted by atomic mass is 10.0. The van der Waals surface area contributed by atoms with Gasteiger partial charge in [-0.15, -0.1) is 0 Å². The van der Waals surface area contributed by atoms with Gasteiger partial charge in [-0.05, 0) is 24.1 Å². The van der Waals surface area contributed by atoms with Gasteiger partial charge in [-0.2, -0.15) is 5.26 Å². The van der Waals surface area contributed by atoms with E-state index in [-0.39, 0.29) is 0 Å². The minimum atomic E-state index is 0.524. The Balaban J connectivity index is 2.82. The summed E-state index contributed by atoms with van der Waals surface area (Å²) in [6, 6.07) is 2.17. The van der Waals surface area contributed by atoms with Crippen molar-refractivity contribution >= 4 is 0 Å². The third-order valence-electron chi connectivity index (χ3n) is 2.17. The fourth-order valence-corrected chi connectivity index (χ4v) is 1.28. The summed E-state index contributed by atoms with van der Waals surface area (Å²) < 4.78 is 0. The highest BCUT2D eigenvalue weighted by molar-refractivity contribution is 5.33. The standard InChI is InChI=1S/C10H15N3/c1-8-6-10(13(2)3)12-7-9(8)4-5-11/h6,12H,4,7H2,1-3H3. The van der Waals surface area contributed by atoms with Crippen LogP contribution in [-0.2, 0) is 0 Å². The molecule has 0 saturated heterocycles. The summed E-state index contributed by atoms with van der Waals surface area (Å²) >= 11 is 0. The molecule has 0 spiro atoms. The third-order valence-corrected chi connectivity index (χ3v) is 2.17. The van der Waals surface area contributed by atoms with Gasteiger partial charge in [-0.1, -0.05) is 0 Å². The lowest BCUT2D eigenvalue weighted by Gasteiger charge is -2.24. The van der Waals surface area contributed by atoms with Crippen molar-refractivity contribution in [2.45, 2.75) is 13.3 Å². The predicted octanol–water partition coefficient (Wildman–Crippen LogP) is 1.22. The third kappa shape index (κ3) is 2.25. The van der Waals surface area contributed by atoms with Gasteiger partial charge in [0.15, 0.2) is 0 Å². The number of dihydropyridines is 1. The molecule has 1 aliphatic rings. The maximum Gasteiger partial charge on any atom is 0.101 e. The highest BCUT2D eigenvalue weighted by atomic mass is 15.2. The maximum absolute atomic E-state index is 8.57. The van der Waals surface area contributed by atoms with Gasteiger partial charge in [-0.3, -0.25) is 0 Å². The van der Waals surface area contributed by atoms with Crippen LogP contribution in [0.3, 0.4) is 0 Å². The Morgan fingerprint density at radius 3 is 2.77 bits per heavy atom. The Morgan fingerprint density at radius 1 is 1.62 bits per heavy atom. The number of nitriles is 1. The van der Waals surface area contributed by atoms with Gasteiger partial charge >= 0.3 is 0 Å². The average molecular weight is 177 g/mol. The van der Waals surface area contributed by atoms with Crippen LogP contribution >= 0.6 is 0 Å². The van der Waals surface area contributed by atoms with Gasteiger partial charge in [0.05, 0.1) is 12.5 Å². The van der Waals surface area contributed by atoms with Crippen molar-refractivity contribution in [3.05, 3.63) is 23.0 Å². The van der Waals surface area contributed by atoms with E-state index in [0.717, 1.165) is 12.4 Å². The second-order valence-corrected chi connectivity index (χ2v) is 3.40. The van der Waals surface area contributed by atoms with E-state index < -0.39 is 0 Å². The number of nitrogens with one attached hydrogen (secondary N) is 1. The SMILES string of the molecule is CC1=C(CC#N)CNC(N(C)C)=C1. The zero-order valence-corrected chi connectivity index (χ0v) is 8.39. The highest BCUT2D eigenvalue weighted by Gasteiger charge is 2.09. The van der Waals surface area contributed by atoms with E-state index in [4.69, 9.17) is 5.26 Å². The first-order chi connectivity index (χ1) is 6.15. The fraction of sp³-hybridized carbons (Fsp3) is 0.500. The first kappa shape index (κ1) is 9.66. The molecule has 0 unspecified atom stereocenters. The van der Waals surface area contributed by atoms with Crippen molar-refractivity contribution in [3.8, 4) is 6.07 Å². The fourth-order valence-electron chi connectivity index (χ4n) is 1.28. The summed E-state index contributed by atoms with van der Waals surface area (Å²) in [6.07, 6.45) is 2.60. The van der Waals surface area contributed by atoms with Crippen LogP contribution in [0, 0.1) is 11.3 Å². The van der Waals surface area contributed by atoms with Crippen molar-refractivity contribution in [3.63, 3.8) is 0 Å². The molecule has 0 bridgehead atoms. The number of nitrogens with zero attached hydrogens (tertiary/aromatic N) is 2. The monoisotopic (exact) mass is 177 g/mol. The van der Waals surface area contributed by atoms with E-state index in [9.17, 15) is 0 Å². The molecule has 0 aromatic carbocycles. The van der Waals surface area contributed by atoms with Crippen LogP contribution in [0.5, 0.6) is 0 Å². The summed E-state index contributed by atoms with van der Waals surface area (Å²) in [6.45, 7) is 2.85. The van der Waals surface area contributed by atoms with Crippen molar-refractivity contribution in [2.75, 3.05) is 20.6 Å². The lowest BCUT2D eigenvalue weighted by molar-refractivity contribution is 0.462. The van der Waals surface area contributed by atoms with Crippen LogP contribution in [0.1, 0.15) is 13.3 Å². The largest absolute Gasteiger partial charge is 0.368 e. The molecule has 0 fully saturated rings. The molecule has 0 aromatic rings. The van der Waals surface area contributed by atoms with Gasteiger partial charge in [0, 0.05) is 20.6 Å². The lowest BCUT2D eigenvalue weighted by Crippen LogP contribution is -2.30. The van der Waals surface area contributed by atoms with E-state index >= 15 is 0 Å². The first-order valence-electron chi connectivity index (χ1n) is 4.33. The Bertz CT molecular complexity index is 292. The number of hydrogen-bond acceptors (Lipinski definition) is 3. The van der Waals surface area contributed by atoms with E-state index in [1.165, 1.54) is 11.1 Å². The molecule has 0 atom stereocenters. The second-order valence-electron chi connectivity index (χ2n) is 3.40. The summed E-state index contributed by atoms with van der Waals surface area (Å²) in [5, 5.41) is 11.8. The molecule has 0 aromatic heterocycles. The number of rotatable bonds is 2. The van der Waals surface area contributed by atoms with Crippen LogP contribution in [0.15, 0.2) is 23.0 Å². The predicted molar refractivity (Wildman–Crippen MR) is 52.7 cm³/mol. The molecule has 0 aliphatic carbocycles. The van der Waals surface area contributed by atoms with Gasteiger partial charge < -0.3 is 10.2 Å². The molecule has 0 radical (unpaired) electrons. The molecule has 1 aliphatic heterocycles. The summed E-state index contributed by atoms with van der Waals surface area (Å²) in [7, 11) is 4.00. The molecule has 0 amide bonds. The van der Waals surface area contributed by atoms with E-state index in [1.807, 2.05) is 19.0 Å². The zero-order valence-electron chi connectivity index (χ0n) is 8.39. The smallest absolute Gasteiger partial charge is 0.101 e. The summed E-state index contributed by atoms with van der Waals surface area (Å²) in [5.74, 6) is 1.11. The Labute approximate surface area is 79.3 Å². The van der Waals surface area contributed by atoms with Crippen molar-refractivity contribution in [1.82, 2.24) is 10.2 Å². The highest BCUT2D eigenvalue weighted by Crippen LogP contribution is 2.15. The van der Waals surface area contributed by atoms with Crippen molar-refractivity contribution in [1.29, 1.82) is 5.26 Å². The van der Waals surface area contributed by atoms with Crippen LogP contribution < -0.4 is 5.32 Å². The van der Waals surface area contributed by atoms with Crippen LogP contribution in [0.2, 0.25) is 0 Å². The number of hydrogen-bond donors (Lipinski definition) is 1. The average Bonchev–Trinajstić information content (AvgIpc) is 2.08. The van der Waals surface area contributed by atoms with E-state index in [0.29, 0.717) is 6.42 Å². The second kappa shape index (κ2) is 3.99. The van der Waals surface area contributed by atoms with Crippen LogP contribution in [0.25, 0.3) is 0 Å². The molecule has 70 valence electrons. The maximum atomic E-state index is 8.57. The Kier molecular flexibility index (Phi) is 2.97. The van der Waals surface area contributed by atoms with Gasteiger partial charge in [-0.25, -0.2) is 0 Å². The molecule has 1 heterocycles. The first-order valence-corrected chi connectivity index (χ1v) is 4.33. The molecule has 3 nitrogen and oxygen atoms in total. The van der Waals surface area contributed by atoms with Gasteiger partial charge in [0.25, 0.3) is 0 Å². The summed E-state index contributed by atoms with van der Waals surface area (Å²) in [4.78, 5) is 2.03. The quantitative estimate of drug-likeness (QED) is 0.689. The van der Waals surface area contributed by atoms with Crippen molar-refractivity contribution in [2.24, 2.45) is 0 Å². The molecule has 1 rings (SSSR count). The van der Waals surface area contributed by atoms with E-state index in [1.54, 1.807) is 0 Å². The van der Waals surface area contributed by atoms with Gasteiger partial charge in [0.2, 0.25) is 0 Å². The molecular formula is C10H15N3. The molecule has 0 saturated carbocycles. The summed E-state index contributed by atoms with van der Waals surface area (Å²) in [5.41, 5.74) is 2.40. The Hall–Kier alpha value is -1.43. The van der Waals surface area contributed by atoms with Gasteiger partial charge in [0.1, 0.15) is 5.82 Å². The molecule has 13 heavy (non-hydrogen) atoms. The van der Waals surface area contributed by atoms with E-state index in [2.05, 4.69) is 24.4 Å². The van der Waals surface area contributed by atoms with Crippen LogP contribution in [-0.4, -0.2) is 25.5 Å². The normalized spacial score (nSPS) is 16.0. The number of allylic oxidation sites excluding steroid dienone is 2. The molecular weight excluding hydrogens is 162 g/mol. The Morgan fingerprint density at radius 2 is 2.31 bits per heavy atom. The van der Waals surface area contributed by atoms with Crippen LogP contribution in [0.4, 0.5) is 0 Å². The zero-order chi connectivity index (χ0) is 9.84. The molecule has 1 N–H and O–H groups in total. The minimum absolute atomic E-state index is 0.524. The minimum Gasteiger partial charge on any atom is -0.368 e. The molecule has 3 heteroatoms.